The van der Waals surface area contributed by atoms with Crippen LogP contribution < -0.4 is 9.47 Å². The number of ether oxygens (including phenoxy) is 2. The van der Waals surface area contributed by atoms with Gasteiger partial charge in [0.05, 0.1) is 18.9 Å². The zero-order chi connectivity index (χ0) is 13.5. The fourth-order valence-electron chi connectivity index (χ4n) is 1.37. The monoisotopic (exact) mass is 253 g/mol. The second kappa shape index (κ2) is 6.86. The van der Waals surface area contributed by atoms with E-state index in [1.165, 1.54) is 7.11 Å². The second-order valence-corrected chi connectivity index (χ2v) is 3.92. The highest BCUT2D eigenvalue weighted by Crippen LogP contribution is 2.28. The highest BCUT2D eigenvalue weighted by atomic mass is 16.5. The predicted molar refractivity (Wildman–Crippen MR) is 68.8 cm³/mol. The summed E-state index contributed by atoms with van der Waals surface area (Å²) in [6.07, 6.45) is 0.145. The molecule has 5 heteroatoms. The minimum absolute atomic E-state index is 0.222. The van der Waals surface area contributed by atoms with Gasteiger partial charge in [0.25, 0.3) is 0 Å². The number of aliphatic hydroxyl groups is 1. The van der Waals surface area contributed by atoms with Crippen molar-refractivity contribution in [2.45, 2.75) is 26.4 Å². The smallest absolute Gasteiger partial charge is 0.161 e. The molecule has 18 heavy (non-hydrogen) atoms. The van der Waals surface area contributed by atoms with Crippen LogP contribution in [-0.4, -0.2) is 35.8 Å². The Balaban J connectivity index is 2.87. The Morgan fingerprint density at radius 1 is 1.39 bits per heavy atom. The lowest BCUT2D eigenvalue weighted by Crippen LogP contribution is -2.16. The molecule has 1 rings (SSSR count). The number of benzene rings is 1. The fraction of sp³-hybridized carbons (Fsp3) is 0.462. The number of oxime groups is 1. The van der Waals surface area contributed by atoms with E-state index in [-0.39, 0.29) is 6.61 Å². The Hall–Kier alpha value is -1.75. The van der Waals surface area contributed by atoms with Crippen LogP contribution in [0, 0.1) is 0 Å². The largest absolute Gasteiger partial charge is 0.493 e. The number of methoxy groups -OCH3 is 1. The maximum atomic E-state index is 9.45. The molecule has 0 fully saturated rings. The summed E-state index contributed by atoms with van der Waals surface area (Å²) in [5.41, 5.74) is 1.24. The summed E-state index contributed by atoms with van der Waals surface area (Å²) in [5.74, 6) is 1.10. The quantitative estimate of drug-likeness (QED) is 0.462. The van der Waals surface area contributed by atoms with E-state index in [4.69, 9.17) is 14.7 Å². The molecule has 1 aromatic carbocycles. The van der Waals surface area contributed by atoms with Crippen molar-refractivity contribution >= 4 is 5.71 Å². The van der Waals surface area contributed by atoms with Gasteiger partial charge in [-0.25, -0.2) is 0 Å². The Bertz CT molecular complexity index is 417. The van der Waals surface area contributed by atoms with Crippen molar-refractivity contribution in [2.24, 2.45) is 5.16 Å². The van der Waals surface area contributed by atoms with Crippen LogP contribution in [0.1, 0.15) is 25.8 Å². The molecule has 1 aromatic rings. The summed E-state index contributed by atoms with van der Waals surface area (Å²) in [4.78, 5) is 0. The van der Waals surface area contributed by atoms with Crippen LogP contribution in [0.2, 0.25) is 0 Å². The van der Waals surface area contributed by atoms with Crippen molar-refractivity contribution in [3.8, 4) is 11.5 Å². The maximum absolute atomic E-state index is 9.45. The molecule has 100 valence electrons. The van der Waals surface area contributed by atoms with E-state index < -0.39 is 6.10 Å². The van der Waals surface area contributed by atoms with Gasteiger partial charge in [-0.2, -0.15) is 0 Å². The van der Waals surface area contributed by atoms with Crippen molar-refractivity contribution in [1.82, 2.24) is 0 Å². The van der Waals surface area contributed by atoms with E-state index in [9.17, 15) is 5.11 Å². The van der Waals surface area contributed by atoms with E-state index >= 15 is 0 Å². The minimum atomic E-state index is -0.491. The number of nitrogens with zero attached hydrogens (tertiary/aromatic N) is 1. The van der Waals surface area contributed by atoms with Crippen LogP contribution in [0.15, 0.2) is 23.4 Å². The van der Waals surface area contributed by atoms with Crippen molar-refractivity contribution in [3.05, 3.63) is 23.8 Å². The SMILES string of the molecule is CCC(O)COc1ccc(/C(C)=N/O)cc1OC. The van der Waals surface area contributed by atoms with Gasteiger partial charge in [0.1, 0.15) is 6.61 Å². The summed E-state index contributed by atoms with van der Waals surface area (Å²) >= 11 is 0. The molecule has 5 nitrogen and oxygen atoms in total. The van der Waals surface area contributed by atoms with Crippen LogP contribution in [0.3, 0.4) is 0 Å². The first kappa shape index (κ1) is 14.3. The molecule has 0 heterocycles. The Morgan fingerprint density at radius 3 is 2.67 bits per heavy atom. The first-order valence-electron chi connectivity index (χ1n) is 5.80. The molecule has 0 saturated carbocycles. The van der Waals surface area contributed by atoms with E-state index in [0.29, 0.717) is 23.6 Å². The number of hydrogen-bond donors (Lipinski definition) is 2. The average Bonchev–Trinajstić information content (AvgIpc) is 2.43. The predicted octanol–water partition coefficient (Wildman–Crippen LogP) is 2.04. The van der Waals surface area contributed by atoms with Crippen molar-refractivity contribution < 1.29 is 19.8 Å². The highest BCUT2D eigenvalue weighted by Gasteiger charge is 2.09. The minimum Gasteiger partial charge on any atom is -0.493 e. The normalized spacial score (nSPS) is 13.2. The van der Waals surface area contributed by atoms with Crippen molar-refractivity contribution in [2.75, 3.05) is 13.7 Å². The molecule has 0 saturated heterocycles. The molecular formula is C13H19NO4. The number of rotatable bonds is 6. The Kier molecular flexibility index (Phi) is 5.45. The van der Waals surface area contributed by atoms with Gasteiger partial charge in [0.2, 0.25) is 0 Å². The van der Waals surface area contributed by atoms with Crippen LogP contribution >= 0.6 is 0 Å². The number of hydrogen-bond acceptors (Lipinski definition) is 5. The van der Waals surface area contributed by atoms with Crippen LogP contribution in [0.5, 0.6) is 11.5 Å². The first-order valence-corrected chi connectivity index (χ1v) is 5.80. The zero-order valence-corrected chi connectivity index (χ0v) is 10.9. The summed E-state index contributed by atoms with van der Waals surface area (Å²) in [7, 11) is 1.54. The van der Waals surface area contributed by atoms with Gasteiger partial charge in [-0.3, -0.25) is 0 Å². The molecular weight excluding hydrogens is 234 g/mol. The molecule has 0 aliphatic carbocycles. The molecule has 0 aromatic heterocycles. The summed E-state index contributed by atoms with van der Waals surface area (Å²) < 4.78 is 10.7. The fourth-order valence-corrected chi connectivity index (χ4v) is 1.37. The summed E-state index contributed by atoms with van der Waals surface area (Å²) in [6, 6.07) is 5.22. The Morgan fingerprint density at radius 2 is 2.11 bits per heavy atom. The van der Waals surface area contributed by atoms with Gasteiger partial charge < -0.3 is 19.8 Å². The lowest BCUT2D eigenvalue weighted by molar-refractivity contribution is 0.102. The standard InChI is InChI=1S/C13H19NO4/c1-4-11(15)8-18-12-6-5-10(9(2)14-16)7-13(12)17-3/h5-7,11,15-16H,4,8H2,1-3H3/b14-9+. The van der Waals surface area contributed by atoms with Gasteiger partial charge >= 0.3 is 0 Å². The van der Waals surface area contributed by atoms with Crippen molar-refractivity contribution in [3.63, 3.8) is 0 Å². The third kappa shape index (κ3) is 3.63. The van der Waals surface area contributed by atoms with Crippen LogP contribution in [-0.2, 0) is 0 Å². The second-order valence-electron chi connectivity index (χ2n) is 3.92. The van der Waals surface area contributed by atoms with E-state index in [1.54, 1.807) is 25.1 Å². The van der Waals surface area contributed by atoms with Gasteiger partial charge in [0.15, 0.2) is 11.5 Å². The van der Waals surface area contributed by atoms with E-state index in [2.05, 4.69) is 5.16 Å². The zero-order valence-electron chi connectivity index (χ0n) is 10.9. The van der Waals surface area contributed by atoms with E-state index in [1.807, 2.05) is 6.92 Å². The molecule has 0 aliphatic rings. The maximum Gasteiger partial charge on any atom is 0.161 e. The molecule has 2 N–H and O–H groups in total. The molecule has 0 amide bonds. The number of aliphatic hydroxyl groups excluding tert-OH is 1. The van der Waals surface area contributed by atoms with Crippen LogP contribution in [0.25, 0.3) is 0 Å². The average molecular weight is 253 g/mol. The van der Waals surface area contributed by atoms with E-state index in [0.717, 1.165) is 5.56 Å². The molecule has 0 bridgehead atoms. The van der Waals surface area contributed by atoms with Gasteiger partial charge in [-0.05, 0) is 31.5 Å². The summed E-state index contributed by atoms with van der Waals surface area (Å²) in [5, 5.41) is 21.3. The Labute approximate surface area is 107 Å². The topological polar surface area (TPSA) is 71.3 Å². The molecule has 1 atom stereocenters. The third-order valence-corrected chi connectivity index (χ3v) is 2.63. The van der Waals surface area contributed by atoms with Crippen molar-refractivity contribution in [1.29, 1.82) is 0 Å². The van der Waals surface area contributed by atoms with Gasteiger partial charge in [-0.1, -0.05) is 12.1 Å². The van der Waals surface area contributed by atoms with Crippen LogP contribution in [0.4, 0.5) is 0 Å². The molecule has 0 aliphatic heterocycles. The molecule has 0 radical (unpaired) electrons. The highest BCUT2D eigenvalue weighted by molar-refractivity contribution is 5.98. The lowest BCUT2D eigenvalue weighted by Gasteiger charge is -2.14. The molecule has 0 spiro atoms. The third-order valence-electron chi connectivity index (χ3n) is 2.63. The molecule has 1 unspecified atom stereocenters. The van der Waals surface area contributed by atoms with Gasteiger partial charge in [0, 0.05) is 5.56 Å². The van der Waals surface area contributed by atoms with Gasteiger partial charge in [-0.15, -0.1) is 0 Å². The lowest BCUT2D eigenvalue weighted by atomic mass is 10.1. The first-order chi connectivity index (χ1) is 8.62. The summed E-state index contributed by atoms with van der Waals surface area (Å²) in [6.45, 7) is 3.80.